The van der Waals surface area contributed by atoms with Crippen LogP contribution in [0.3, 0.4) is 0 Å². The molecule has 0 unspecified atom stereocenters. The van der Waals surface area contributed by atoms with Crippen LogP contribution in [0.4, 0.5) is 0 Å². The van der Waals surface area contributed by atoms with E-state index in [1.807, 2.05) is 6.92 Å². The van der Waals surface area contributed by atoms with E-state index >= 15 is 0 Å². The van der Waals surface area contributed by atoms with Crippen LogP contribution in [0, 0.1) is 0 Å². The van der Waals surface area contributed by atoms with Crippen molar-refractivity contribution in [3.05, 3.63) is 12.3 Å². The highest BCUT2D eigenvalue weighted by Crippen LogP contribution is 1.71. The summed E-state index contributed by atoms with van der Waals surface area (Å²) in [5.41, 5.74) is 0. The van der Waals surface area contributed by atoms with Gasteiger partial charge in [-0.2, -0.15) is 0 Å². The lowest BCUT2D eigenvalue weighted by atomic mass is 10.5. The molecule has 38 valence electrons. The Bertz CT molecular complexity index is 34.5. The summed E-state index contributed by atoms with van der Waals surface area (Å²) < 4.78 is 0. The minimum atomic E-state index is 0. The summed E-state index contributed by atoms with van der Waals surface area (Å²) in [5, 5.41) is 7.89. The fraction of sp³-hybridized carbons (Fsp3) is 0.500. The second kappa shape index (κ2) is 8.85. The van der Waals surface area contributed by atoms with E-state index in [0.717, 1.165) is 12.7 Å². The monoisotopic (exact) mass is 108 g/mol. The predicted octanol–water partition coefficient (Wildman–Crippen LogP) is 1.89. The van der Waals surface area contributed by atoms with Crippen molar-refractivity contribution < 1.29 is 5.11 Å². The fourth-order valence-corrected chi connectivity index (χ4v) is 0.105. The molecule has 0 aliphatic rings. The Balaban J connectivity index is 0. The van der Waals surface area contributed by atoms with Crippen molar-refractivity contribution in [1.82, 2.24) is 0 Å². The van der Waals surface area contributed by atoms with Crippen LogP contribution in [0.2, 0.25) is 0 Å². The van der Waals surface area contributed by atoms with E-state index < -0.39 is 0 Å². The van der Waals surface area contributed by atoms with Crippen LogP contribution >= 0.6 is 12.4 Å². The summed E-state index contributed by atoms with van der Waals surface area (Å²) in [5.74, 6) is 0. The molecule has 1 N–H and O–H groups in total. The molecule has 0 aliphatic carbocycles. The molecular formula is C4H9ClO. The lowest BCUT2D eigenvalue weighted by molar-refractivity contribution is 0.471. The van der Waals surface area contributed by atoms with E-state index in [0.29, 0.717) is 0 Å². The average Bonchev–Trinajstić information content (AvgIpc) is 1.41. The van der Waals surface area contributed by atoms with Crippen molar-refractivity contribution >= 4 is 12.4 Å². The normalized spacial score (nSPS) is 8.17. The van der Waals surface area contributed by atoms with Gasteiger partial charge in [-0.05, 0) is 6.42 Å². The smallest absolute Gasteiger partial charge is 0.0751 e. The number of halogens is 1. The topological polar surface area (TPSA) is 20.2 Å². The third kappa shape index (κ3) is 9.16. The Morgan fingerprint density at radius 2 is 2.17 bits per heavy atom. The van der Waals surface area contributed by atoms with Crippen molar-refractivity contribution in [2.24, 2.45) is 0 Å². The summed E-state index contributed by atoms with van der Waals surface area (Å²) in [6.07, 6.45) is 3.65. The summed E-state index contributed by atoms with van der Waals surface area (Å²) >= 11 is 0. The summed E-state index contributed by atoms with van der Waals surface area (Å²) in [4.78, 5) is 0. The Kier molecular flexibility index (Phi) is 13.7. The molecule has 0 bridgehead atoms. The van der Waals surface area contributed by atoms with Gasteiger partial charge in [0.05, 0.1) is 6.26 Å². The van der Waals surface area contributed by atoms with Gasteiger partial charge >= 0.3 is 0 Å². The standard InChI is InChI=1S/C4H8O.ClH/c1-2-3-4-5;/h3-5H,2H2,1H3;1H. The van der Waals surface area contributed by atoms with Gasteiger partial charge in [-0.25, -0.2) is 0 Å². The van der Waals surface area contributed by atoms with Crippen molar-refractivity contribution in [2.45, 2.75) is 13.3 Å². The van der Waals surface area contributed by atoms with Crippen molar-refractivity contribution in [1.29, 1.82) is 0 Å². The molecule has 0 aromatic heterocycles. The van der Waals surface area contributed by atoms with Gasteiger partial charge in [0.15, 0.2) is 0 Å². The minimum absolute atomic E-state index is 0. The van der Waals surface area contributed by atoms with E-state index in [2.05, 4.69) is 0 Å². The van der Waals surface area contributed by atoms with Gasteiger partial charge in [0.2, 0.25) is 0 Å². The number of hydrogen-bond donors (Lipinski definition) is 1. The minimum Gasteiger partial charge on any atom is -0.516 e. The molecule has 2 heteroatoms. The molecule has 0 radical (unpaired) electrons. The number of aliphatic hydroxyl groups excluding tert-OH is 1. The zero-order chi connectivity index (χ0) is 4.12. The predicted molar refractivity (Wildman–Crippen MR) is 29.3 cm³/mol. The Hall–Kier alpha value is -0.170. The summed E-state index contributed by atoms with van der Waals surface area (Å²) in [7, 11) is 0. The second-order valence-corrected chi connectivity index (χ2v) is 0.793. The maximum absolute atomic E-state index is 7.89. The van der Waals surface area contributed by atoms with Crippen molar-refractivity contribution in [3.8, 4) is 0 Å². The molecule has 0 heterocycles. The first-order valence-electron chi connectivity index (χ1n) is 1.71. The van der Waals surface area contributed by atoms with Gasteiger partial charge in [-0.1, -0.05) is 13.0 Å². The third-order valence-corrected chi connectivity index (χ3v) is 0.341. The molecular weight excluding hydrogens is 99.5 g/mol. The molecule has 0 aromatic rings. The van der Waals surface area contributed by atoms with Gasteiger partial charge in [0, 0.05) is 0 Å². The van der Waals surface area contributed by atoms with Crippen LogP contribution < -0.4 is 0 Å². The highest BCUT2D eigenvalue weighted by atomic mass is 35.5. The Morgan fingerprint density at radius 1 is 1.67 bits per heavy atom. The first-order valence-corrected chi connectivity index (χ1v) is 1.71. The highest BCUT2D eigenvalue weighted by molar-refractivity contribution is 5.85. The zero-order valence-corrected chi connectivity index (χ0v) is 4.53. The average molecular weight is 109 g/mol. The van der Waals surface area contributed by atoms with E-state index in [1.165, 1.54) is 0 Å². The molecule has 0 atom stereocenters. The highest BCUT2D eigenvalue weighted by Gasteiger charge is 1.53. The molecule has 0 fully saturated rings. The zero-order valence-electron chi connectivity index (χ0n) is 3.72. The molecule has 0 amide bonds. The number of hydrogen-bond acceptors (Lipinski definition) is 1. The van der Waals surface area contributed by atoms with E-state index in [1.54, 1.807) is 6.08 Å². The molecule has 1 nitrogen and oxygen atoms in total. The molecule has 0 saturated heterocycles. The molecule has 0 aromatic carbocycles. The summed E-state index contributed by atoms with van der Waals surface area (Å²) in [6, 6.07) is 0. The Labute approximate surface area is 44.1 Å². The summed E-state index contributed by atoms with van der Waals surface area (Å²) in [6.45, 7) is 1.96. The van der Waals surface area contributed by atoms with Crippen LogP contribution in [-0.4, -0.2) is 5.11 Å². The van der Waals surface area contributed by atoms with E-state index in [-0.39, 0.29) is 12.4 Å². The molecule has 0 aliphatic heterocycles. The van der Waals surface area contributed by atoms with Crippen LogP contribution in [0.1, 0.15) is 13.3 Å². The van der Waals surface area contributed by atoms with Crippen LogP contribution in [0.5, 0.6) is 0 Å². The van der Waals surface area contributed by atoms with Crippen LogP contribution in [0.25, 0.3) is 0 Å². The maximum atomic E-state index is 7.89. The largest absolute Gasteiger partial charge is 0.516 e. The second-order valence-electron chi connectivity index (χ2n) is 0.793. The lowest BCUT2D eigenvalue weighted by Gasteiger charge is -1.65. The molecule has 0 spiro atoms. The quantitative estimate of drug-likeness (QED) is 0.509. The van der Waals surface area contributed by atoms with E-state index in [9.17, 15) is 0 Å². The van der Waals surface area contributed by atoms with Gasteiger partial charge < -0.3 is 5.11 Å². The lowest BCUT2D eigenvalue weighted by Crippen LogP contribution is -1.48. The van der Waals surface area contributed by atoms with Crippen LogP contribution in [0.15, 0.2) is 12.3 Å². The number of aliphatic hydroxyl groups is 1. The van der Waals surface area contributed by atoms with Gasteiger partial charge in [-0.15, -0.1) is 12.4 Å². The first kappa shape index (κ1) is 9.27. The molecule has 0 saturated carbocycles. The Morgan fingerprint density at radius 3 is 2.17 bits per heavy atom. The van der Waals surface area contributed by atoms with Gasteiger partial charge in [0.25, 0.3) is 0 Å². The van der Waals surface area contributed by atoms with Gasteiger partial charge in [-0.3, -0.25) is 0 Å². The first-order chi connectivity index (χ1) is 2.41. The van der Waals surface area contributed by atoms with Crippen molar-refractivity contribution in [3.63, 3.8) is 0 Å². The maximum Gasteiger partial charge on any atom is 0.0751 e. The van der Waals surface area contributed by atoms with Crippen molar-refractivity contribution in [2.75, 3.05) is 0 Å². The third-order valence-electron chi connectivity index (χ3n) is 0.341. The molecule has 0 rings (SSSR count). The number of allylic oxidation sites excluding steroid dienone is 1. The number of rotatable bonds is 1. The molecule has 6 heavy (non-hydrogen) atoms. The van der Waals surface area contributed by atoms with Gasteiger partial charge in [0.1, 0.15) is 0 Å². The fourth-order valence-electron chi connectivity index (χ4n) is 0.105. The van der Waals surface area contributed by atoms with E-state index in [4.69, 9.17) is 5.11 Å². The SMILES string of the molecule is CCC=CO.Cl. The van der Waals surface area contributed by atoms with Crippen LogP contribution in [-0.2, 0) is 0 Å².